The van der Waals surface area contributed by atoms with Crippen molar-refractivity contribution >= 4 is 11.8 Å². The standard InChI is InChI=1S/C27H30N6O4/c1-18-5-7-20-12-24(18)37-11-3-10-32-16-21(28-29-32)15-30-9-2-4-23(26(30)35)27(36)33-14-19-6-8-22(33)17-31(13-19)25(20)34/h2,4-5,7,9,12,16,19,22H,3,6,8,10-11,13-15,17H2,1H3/t19-,22+/m1/s1. The van der Waals surface area contributed by atoms with Gasteiger partial charge in [0.05, 0.1) is 19.3 Å². The average Bonchev–Trinajstić information content (AvgIpc) is 3.13. The summed E-state index contributed by atoms with van der Waals surface area (Å²) in [7, 11) is 0. The zero-order valence-electron chi connectivity index (χ0n) is 20.9. The second-order valence-electron chi connectivity index (χ2n) is 10.3. The summed E-state index contributed by atoms with van der Waals surface area (Å²) in [5, 5.41) is 8.39. The second kappa shape index (κ2) is 9.49. The fraction of sp³-hybridized carbons (Fsp3) is 0.444. The van der Waals surface area contributed by atoms with Crippen LogP contribution in [0, 0.1) is 12.8 Å². The molecule has 6 heterocycles. The van der Waals surface area contributed by atoms with Gasteiger partial charge in [-0.25, -0.2) is 0 Å². The normalized spacial score (nSPS) is 22.1. The Morgan fingerprint density at radius 2 is 1.92 bits per heavy atom. The molecule has 4 aliphatic rings. The van der Waals surface area contributed by atoms with E-state index in [0.29, 0.717) is 56.2 Å². The van der Waals surface area contributed by atoms with Crippen molar-refractivity contribution in [1.82, 2.24) is 29.4 Å². The first-order chi connectivity index (χ1) is 18.0. The summed E-state index contributed by atoms with van der Waals surface area (Å²) in [6.45, 7) is 4.86. The van der Waals surface area contributed by atoms with Crippen molar-refractivity contribution in [3.05, 3.63) is 75.5 Å². The minimum Gasteiger partial charge on any atom is -0.493 e. The van der Waals surface area contributed by atoms with Gasteiger partial charge >= 0.3 is 0 Å². The quantitative estimate of drug-likeness (QED) is 0.466. The highest BCUT2D eigenvalue weighted by Gasteiger charge is 2.39. The summed E-state index contributed by atoms with van der Waals surface area (Å²) in [5.41, 5.74) is 2.01. The average molecular weight is 503 g/mol. The van der Waals surface area contributed by atoms with E-state index in [2.05, 4.69) is 10.3 Å². The number of ether oxygens (including phenoxy) is 1. The lowest BCUT2D eigenvalue weighted by Gasteiger charge is -2.36. The summed E-state index contributed by atoms with van der Waals surface area (Å²) in [6, 6.07) is 8.78. The summed E-state index contributed by atoms with van der Waals surface area (Å²) in [6.07, 6.45) is 5.95. The van der Waals surface area contributed by atoms with Gasteiger partial charge in [0, 0.05) is 50.4 Å². The highest BCUT2D eigenvalue weighted by atomic mass is 16.5. The Bertz CT molecular complexity index is 1410. The Balaban J connectivity index is 1.38. The van der Waals surface area contributed by atoms with Crippen LogP contribution in [0.1, 0.15) is 51.2 Å². The van der Waals surface area contributed by atoms with Gasteiger partial charge in [-0.05, 0) is 55.5 Å². The van der Waals surface area contributed by atoms with Crippen LogP contribution in [0.25, 0.3) is 0 Å². The number of piperidine rings is 1. The van der Waals surface area contributed by atoms with E-state index in [0.717, 1.165) is 18.4 Å². The molecule has 37 heavy (non-hydrogen) atoms. The third-order valence-electron chi connectivity index (χ3n) is 7.65. The zero-order chi connectivity index (χ0) is 25.5. The number of nitrogens with zero attached hydrogens (tertiary/aromatic N) is 6. The zero-order valence-corrected chi connectivity index (χ0v) is 20.9. The van der Waals surface area contributed by atoms with Gasteiger partial charge < -0.3 is 19.1 Å². The molecule has 10 nitrogen and oxygen atoms in total. The SMILES string of the molecule is Cc1ccc2cc1OCCCn1cc(nn1)Cn1cccc(c1=O)C(=O)N1C[C@@H]3CC[C@H]1CN(C3)C2=O. The molecule has 0 spiro atoms. The van der Waals surface area contributed by atoms with Crippen molar-refractivity contribution in [2.75, 3.05) is 26.2 Å². The summed E-state index contributed by atoms with van der Waals surface area (Å²) < 4.78 is 9.27. The van der Waals surface area contributed by atoms with E-state index in [-0.39, 0.29) is 41.4 Å². The molecule has 4 aliphatic heterocycles. The molecule has 1 aromatic carbocycles. The monoisotopic (exact) mass is 502 g/mol. The second-order valence-corrected chi connectivity index (χ2v) is 10.3. The van der Waals surface area contributed by atoms with E-state index in [1.165, 1.54) is 4.57 Å². The van der Waals surface area contributed by atoms with Crippen molar-refractivity contribution in [3.8, 4) is 5.75 Å². The lowest BCUT2D eigenvalue weighted by atomic mass is 9.94. The van der Waals surface area contributed by atoms with E-state index < -0.39 is 0 Å². The van der Waals surface area contributed by atoms with Crippen LogP contribution in [0.2, 0.25) is 0 Å². The first-order valence-electron chi connectivity index (χ1n) is 12.9. The van der Waals surface area contributed by atoms with Crippen molar-refractivity contribution < 1.29 is 14.3 Å². The Morgan fingerprint density at radius 1 is 1.03 bits per heavy atom. The molecule has 2 aromatic heterocycles. The van der Waals surface area contributed by atoms with Crippen molar-refractivity contribution in [2.45, 2.75) is 45.3 Å². The number of amides is 2. The molecular formula is C27H30N6O4. The van der Waals surface area contributed by atoms with Crippen LogP contribution in [0.4, 0.5) is 0 Å². The fourth-order valence-electron chi connectivity index (χ4n) is 5.65. The fourth-order valence-corrected chi connectivity index (χ4v) is 5.65. The molecule has 2 amide bonds. The number of benzene rings is 1. The van der Waals surface area contributed by atoms with Crippen LogP contribution in [-0.4, -0.2) is 73.5 Å². The molecular weight excluding hydrogens is 472 g/mol. The molecule has 0 unspecified atom stereocenters. The number of aromatic nitrogens is 4. The van der Waals surface area contributed by atoms with Crippen molar-refractivity contribution in [1.29, 1.82) is 0 Å². The number of rotatable bonds is 0. The summed E-state index contributed by atoms with van der Waals surface area (Å²) in [4.78, 5) is 44.2. The Hall–Kier alpha value is -3.95. The van der Waals surface area contributed by atoms with E-state index >= 15 is 0 Å². The predicted octanol–water partition coefficient (Wildman–Crippen LogP) is 1.96. The summed E-state index contributed by atoms with van der Waals surface area (Å²) >= 11 is 0. The maximum absolute atomic E-state index is 13.7. The van der Waals surface area contributed by atoms with E-state index in [1.807, 2.05) is 36.2 Å². The number of hydrogen-bond acceptors (Lipinski definition) is 6. The number of carbonyl (C=O) groups is 2. The third-order valence-corrected chi connectivity index (χ3v) is 7.65. The minimum absolute atomic E-state index is 0.0531. The topological polar surface area (TPSA) is 103 Å². The van der Waals surface area contributed by atoms with E-state index in [1.54, 1.807) is 27.9 Å². The van der Waals surface area contributed by atoms with Crippen LogP contribution in [-0.2, 0) is 13.1 Å². The number of hydrogen-bond donors (Lipinski definition) is 0. The third kappa shape index (κ3) is 4.52. The largest absolute Gasteiger partial charge is 0.493 e. The minimum atomic E-state index is -0.343. The van der Waals surface area contributed by atoms with Crippen LogP contribution in [0.3, 0.4) is 0 Å². The van der Waals surface area contributed by atoms with Gasteiger partial charge in [0.1, 0.15) is 17.0 Å². The Kier molecular flexibility index (Phi) is 6.02. The highest BCUT2D eigenvalue weighted by molar-refractivity contribution is 5.96. The molecule has 7 rings (SSSR count). The maximum Gasteiger partial charge on any atom is 0.263 e. The molecule has 0 radical (unpaired) electrons. The molecule has 0 N–H and O–H groups in total. The molecule has 192 valence electrons. The van der Waals surface area contributed by atoms with Crippen molar-refractivity contribution in [2.24, 2.45) is 5.92 Å². The van der Waals surface area contributed by atoms with Crippen LogP contribution < -0.4 is 10.3 Å². The molecule has 10 heteroatoms. The van der Waals surface area contributed by atoms with Gasteiger partial charge in [0.2, 0.25) is 0 Å². The lowest BCUT2D eigenvalue weighted by molar-refractivity contribution is 0.0572. The van der Waals surface area contributed by atoms with Crippen LogP contribution in [0.5, 0.6) is 5.75 Å². The Labute approximate surface area is 214 Å². The lowest BCUT2D eigenvalue weighted by Crippen LogP contribution is -2.49. The molecule has 10 bridgehead atoms. The van der Waals surface area contributed by atoms with Gasteiger partial charge in [-0.15, -0.1) is 5.10 Å². The molecule has 3 saturated heterocycles. The highest BCUT2D eigenvalue weighted by Crippen LogP contribution is 2.30. The molecule has 0 aliphatic carbocycles. The Morgan fingerprint density at radius 3 is 2.81 bits per heavy atom. The van der Waals surface area contributed by atoms with Gasteiger partial charge in [0.15, 0.2) is 0 Å². The first kappa shape index (κ1) is 23.4. The number of pyridine rings is 1. The number of carbonyl (C=O) groups excluding carboxylic acids is 2. The number of fused-ring (bicyclic) bond motifs is 7. The van der Waals surface area contributed by atoms with Crippen LogP contribution in [0.15, 0.2) is 47.5 Å². The molecule has 0 saturated carbocycles. The molecule has 3 aromatic rings. The first-order valence-corrected chi connectivity index (χ1v) is 12.9. The number of aryl methyl sites for hydroxylation is 2. The maximum atomic E-state index is 13.7. The van der Waals surface area contributed by atoms with E-state index in [9.17, 15) is 14.4 Å². The predicted molar refractivity (Wildman–Crippen MR) is 135 cm³/mol. The van der Waals surface area contributed by atoms with Gasteiger partial charge in [0.25, 0.3) is 17.4 Å². The van der Waals surface area contributed by atoms with Gasteiger partial charge in [-0.1, -0.05) is 11.3 Å². The smallest absolute Gasteiger partial charge is 0.263 e. The molecule has 3 fully saturated rings. The van der Waals surface area contributed by atoms with Crippen LogP contribution >= 0.6 is 0 Å². The van der Waals surface area contributed by atoms with Crippen molar-refractivity contribution in [3.63, 3.8) is 0 Å². The molecule has 2 atom stereocenters. The van der Waals surface area contributed by atoms with Gasteiger partial charge in [-0.2, -0.15) is 0 Å². The summed E-state index contributed by atoms with van der Waals surface area (Å²) in [5.74, 6) is 0.546. The van der Waals surface area contributed by atoms with E-state index in [4.69, 9.17) is 4.74 Å². The van der Waals surface area contributed by atoms with Gasteiger partial charge in [-0.3, -0.25) is 19.1 Å².